The van der Waals surface area contributed by atoms with Crippen LogP contribution in [0.4, 0.5) is 0 Å². The molecule has 1 aliphatic rings. The molecular weight excluding hydrogens is 266 g/mol. The molecule has 5 nitrogen and oxygen atoms in total. The Bertz CT molecular complexity index is 500. The predicted octanol–water partition coefficient (Wildman–Crippen LogP) is 1.85. The van der Waals surface area contributed by atoms with Gasteiger partial charge in [-0.2, -0.15) is 0 Å². The zero-order valence-corrected chi connectivity index (χ0v) is 12.9. The van der Waals surface area contributed by atoms with Gasteiger partial charge in [0.25, 0.3) is 5.91 Å². The van der Waals surface area contributed by atoms with Gasteiger partial charge in [-0.15, -0.1) is 0 Å². The average Bonchev–Trinajstić information content (AvgIpc) is 2.47. The van der Waals surface area contributed by atoms with E-state index in [-0.39, 0.29) is 23.3 Å². The molecule has 5 heteroatoms. The Labute approximate surface area is 125 Å². The summed E-state index contributed by atoms with van der Waals surface area (Å²) in [4.78, 5) is 30.0. The minimum Gasteiger partial charge on any atom is -0.353 e. The van der Waals surface area contributed by atoms with Crippen LogP contribution in [0.5, 0.6) is 0 Å². The van der Waals surface area contributed by atoms with Gasteiger partial charge in [-0.3, -0.25) is 14.6 Å². The molecule has 1 saturated heterocycles. The van der Waals surface area contributed by atoms with Crippen molar-refractivity contribution in [1.29, 1.82) is 0 Å². The minimum absolute atomic E-state index is 0.0398. The average molecular weight is 289 g/mol. The van der Waals surface area contributed by atoms with Gasteiger partial charge >= 0.3 is 0 Å². The van der Waals surface area contributed by atoms with Crippen LogP contribution in [-0.2, 0) is 4.79 Å². The van der Waals surface area contributed by atoms with Crippen LogP contribution < -0.4 is 5.32 Å². The molecule has 0 spiro atoms. The summed E-state index contributed by atoms with van der Waals surface area (Å²) in [6.45, 7) is 7.08. The Balaban J connectivity index is 1.86. The molecule has 2 rings (SSSR count). The van der Waals surface area contributed by atoms with E-state index in [2.05, 4.69) is 10.3 Å². The van der Waals surface area contributed by atoms with Gasteiger partial charge in [0.2, 0.25) is 5.91 Å². The summed E-state index contributed by atoms with van der Waals surface area (Å²) in [5.41, 5.74) is 0.298. The first-order valence-electron chi connectivity index (χ1n) is 7.38. The molecule has 0 aromatic carbocycles. The van der Waals surface area contributed by atoms with E-state index >= 15 is 0 Å². The first kappa shape index (κ1) is 15.5. The third-order valence-corrected chi connectivity index (χ3v) is 3.73. The molecule has 2 heterocycles. The van der Waals surface area contributed by atoms with Crippen LogP contribution in [-0.4, -0.2) is 40.8 Å². The second-order valence-electron chi connectivity index (χ2n) is 6.53. The third kappa shape index (κ3) is 4.03. The maximum atomic E-state index is 12.3. The Morgan fingerprint density at radius 2 is 1.76 bits per heavy atom. The number of aromatic nitrogens is 1. The van der Waals surface area contributed by atoms with E-state index in [0.29, 0.717) is 18.7 Å². The molecule has 1 fully saturated rings. The van der Waals surface area contributed by atoms with E-state index in [9.17, 15) is 9.59 Å². The van der Waals surface area contributed by atoms with Crippen molar-refractivity contribution < 1.29 is 9.59 Å². The molecule has 0 atom stereocenters. The van der Waals surface area contributed by atoms with Crippen LogP contribution in [0.3, 0.4) is 0 Å². The smallest absolute Gasteiger partial charge is 0.253 e. The van der Waals surface area contributed by atoms with Crippen LogP contribution >= 0.6 is 0 Å². The highest BCUT2D eigenvalue weighted by atomic mass is 16.2. The maximum Gasteiger partial charge on any atom is 0.253 e. The van der Waals surface area contributed by atoms with Gasteiger partial charge in [0, 0.05) is 42.5 Å². The van der Waals surface area contributed by atoms with Crippen LogP contribution in [0.1, 0.15) is 44.0 Å². The highest BCUT2D eigenvalue weighted by Gasteiger charge is 2.28. The van der Waals surface area contributed by atoms with Crippen molar-refractivity contribution in [2.75, 3.05) is 13.1 Å². The number of hydrogen-bond donors (Lipinski definition) is 1. The van der Waals surface area contributed by atoms with E-state index in [1.807, 2.05) is 25.7 Å². The summed E-state index contributed by atoms with van der Waals surface area (Å²) in [5.74, 6) is 0.111. The maximum absolute atomic E-state index is 12.3. The lowest BCUT2D eigenvalue weighted by Gasteiger charge is -2.33. The second kappa shape index (κ2) is 6.24. The molecular formula is C16H23N3O2. The molecule has 1 aliphatic heterocycles. The molecule has 0 saturated carbocycles. The lowest BCUT2D eigenvalue weighted by molar-refractivity contribution is -0.129. The Morgan fingerprint density at radius 1 is 1.19 bits per heavy atom. The molecule has 0 unspecified atom stereocenters. The van der Waals surface area contributed by atoms with E-state index < -0.39 is 0 Å². The fraction of sp³-hybridized carbons (Fsp3) is 0.562. The number of amides is 2. The highest BCUT2D eigenvalue weighted by Crippen LogP contribution is 2.17. The first-order chi connectivity index (χ1) is 9.88. The van der Waals surface area contributed by atoms with Gasteiger partial charge in [0.05, 0.1) is 0 Å². The number of pyridine rings is 1. The summed E-state index contributed by atoms with van der Waals surface area (Å²) in [6, 6.07) is 3.63. The number of nitrogens with one attached hydrogen (secondary N) is 1. The van der Waals surface area contributed by atoms with Gasteiger partial charge in [-0.25, -0.2) is 0 Å². The normalized spacial score (nSPS) is 16.6. The lowest BCUT2D eigenvalue weighted by Crippen LogP contribution is -2.49. The zero-order valence-electron chi connectivity index (χ0n) is 12.9. The van der Waals surface area contributed by atoms with Gasteiger partial charge < -0.3 is 10.2 Å². The largest absolute Gasteiger partial charge is 0.353 e. The monoisotopic (exact) mass is 289 g/mol. The van der Waals surface area contributed by atoms with Gasteiger partial charge in [0.1, 0.15) is 0 Å². The van der Waals surface area contributed by atoms with Crippen molar-refractivity contribution in [3.63, 3.8) is 0 Å². The summed E-state index contributed by atoms with van der Waals surface area (Å²) in [7, 11) is 0. The van der Waals surface area contributed by atoms with Crippen molar-refractivity contribution in [1.82, 2.24) is 15.2 Å². The number of nitrogens with zero attached hydrogens (tertiary/aromatic N) is 2. The van der Waals surface area contributed by atoms with E-state index in [1.54, 1.807) is 24.5 Å². The predicted molar refractivity (Wildman–Crippen MR) is 80.8 cm³/mol. The lowest BCUT2D eigenvalue weighted by atomic mass is 9.94. The second-order valence-corrected chi connectivity index (χ2v) is 6.53. The number of likely N-dealkylation sites (tertiary alicyclic amines) is 1. The fourth-order valence-corrected chi connectivity index (χ4v) is 2.31. The van der Waals surface area contributed by atoms with E-state index in [1.165, 1.54) is 0 Å². The molecule has 114 valence electrons. The van der Waals surface area contributed by atoms with Crippen LogP contribution in [0.2, 0.25) is 0 Å². The van der Waals surface area contributed by atoms with Gasteiger partial charge in [0.15, 0.2) is 0 Å². The SMILES string of the molecule is CC(C)(C)C(=O)NC1CCN(C(=O)c2ccncc2)CC1. The Hall–Kier alpha value is -1.91. The van der Waals surface area contributed by atoms with Crippen molar-refractivity contribution in [2.45, 2.75) is 39.7 Å². The topological polar surface area (TPSA) is 62.3 Å². The summed E-state index contributed by atoms with van der Waals surface area (Å²) >= 11 is 0. The molecule has 21 heavy (non-hydrogen) atoms. The molecule has 2 amide bonds. The standard InChI is InChI=1S/C16H23N3O2/c1-16(2,3)15(21)18-13-6-10-19(11-7-13)14(20)12-4-8-17-9-5-12/h4-5,8-9,13H,6-7,10-11H2,1-3H3,(H,18,21). The molecule has 1 aromatic heterocycles. The quantitative estimate of drug-likeness (QED) is 0.903. The first-order valence-corrected chi connectivity index (χ1v) is 7.38. The summed E-state index contributed by atoms with van der Waals surface area (Å²) < 4.78 is 0. The van der Waals surface area contributed by atoms with Crippen LogP contribution in [0.15, 0.2) is 24.5 Å². The highest BCUT2D eigenvalue weighted by molar-refractivity contribution is 5.94. The number of carbonyl (C=O) groups is 2. The van der Waals surface area contributed by atoms with E-state index in [0.717, 1.165) is 12.8 Å². The van der Waals surface area contributed by atoms with Crippen LogP contribution in [0, 0.1) is 5.41 Å². The van der Waals surface area contributed by atoms with Crippen molar-refractivity contribution in [2.24, 2.45) is 5.41 Å². The van der Waals surface area contributed by atoms with Crippen molar-refractivity contribution in [3.05, 3.63) is 30.1 Å². The van der Waals surface area contributed by atoms with E-state index in [4.69, 9.17) is 0 Å². The molecule has 1 aromatic rings. The number of rotatable bonds is 2. The number of carbonyl (C=O) groups excluding carboxylic acids is 2. The molecule has 0 bridgehead atoms. The fourth-order valence-electron chi connectivity index (χ4n) is 2.31. The molecule has 0 radical (unpaired) electrons. The van der Waals surface area contributed by atoms with Crippen molar-refractivity contribution in [3.8, 4) is 0 Å². The Kier molecular flexibility index (Phi) is 4.60. The summed E-state index contributed by atoms with van der Waals surface area (Å²) in [6.07, 6.45) is 4.87. The van der Waals surface area contributed by atoms with Gasteiger partial charge in [-0.05, 0) is 25.0 Å². The van der Waals surface area contributed by atoms with Crippen LogP contribution in [0.25, 0.3) is 0 Å². The minimum atomic E-state index is -0.371. The zero-order chi connectivity index (χ0) is 15.5. The Morgan fingerprint density at radius 3 is 2.29 bits per heavy atom. The molecule has 0 aliphatic carbocycles. The number of piperidine rings is 1. The number of hydrogen-bond acceptors (Lipinski definition) is 3. The third-order valence-electron chi connectivity index (χ3n) is 3.73. The van der Waals surface area contributed by atoms with Gasteiger partial charge in [-0.1, -0.05) is 20.8 Å². The van der Waals surface area contributed by atoms with Crippen molar-refractivity contribution >= 4 is 11.8 Å². The summed E-state index contributed by atoms with van der Waals surface area (Å²) in [5, 5.41) is 3.07. The molecule has 1 N–H and O–H groups in total.